The molecule has 1 aromatic heterocycles. The molecular weight excluding hydrogens is 482 g/mol. The summed E-state index contributed by atoms with van der Waals surface area (Å²) in [5.41, 5.74) is 1.15. The standard InChI is InChI=1S/C3H2N8O8.C2H2O4.2H4N2.HNO3/c12-8(13)2-1(4-10(16)17)3(9(14)15)7(5-2)6-11(18)19;3-1(4)2(5)6;2*1-2;2-1(3)4/h4,6H;(H,3,4)(H,5,6);2*1-2H2;(H,2,3,4). The van der Waals surface area contributed by atoms with Crippen LogP contribution >= 0.6 is 0 Å². The summed E-state index contributed by atoms with van der Waals surface area (Å²) in [5.74, 6) is 9.67. The number of rotatable bonds is 6. The maximum Gasteiger partial charge on any atom is 0.452 e. The number of carboxylic acid groups (broad SMARTS) is 2. The number of nitrogens with two attached hydrogens (primary N) is 4. The Kier molecular flexibility index (Phi) is 19.5. The molecule has 0 unspecified atom stereocenters. The van der Waals surface area contributed by atoms with E-state index in [1.807, 2.05) is 0 Å². The Morgan fingerprint density at radius 3 is 1.39 bits per heavy atom. The largest absolute Gasteiger partial charge is 0.473 e. The third kappa shape index (κ3) is 17.0. The average molecular weight is 495 g/mol. The quantitative estimate of drug-likeness (QED) is 0.0776. The highest BCUT2D eigenvalue weighted by molar-refractivity contribution is 6.27. The molecule has 13 N–H and O–H groups in total. The number of hydrogen-bond donors (Lipinski definition) is 9. The van der Waals surface area contributed by atoms with Gasteiger partial charge in [0.1, 0.15) is 4.79 Å². The SMILES string of the molecule is NN.NN.O=C(O)C(=O)O.O=[N+]([O-])Nc1c([N+](=O)[O-])nn(N[N+](=O)[O-])c1[N+](=O)[O-].O=[N+]([O-])O. The number of carbonyl (C=O) groups is 2. The van der Waals surface area contributed by atoms with Crippen LogP contribution in [0.25, 0.3) is 0 Å². The van der Waals surface area contributed by atoms with E-state index < -0.39 is 54.3 Å². The third-order valence-corrected chi connectivity index (χ3v) is 1.75. The summed E-state index contributed by atoms with van der Waals surface area (Å²) < 4.78 is 0. The molecule has 28 heteroatoms. The van der Waals surface area contributed by atoms with E-state index >= 15 is 0 Å². The van der Waals surface area contributed by atoms with Crippen molar-refractivity contribution in [3.8, 4) is 0 Å². The molecular formula is C5H13N13O15. The molecule has 0 saturated heterocycles. The topological polar surface area (TPSA) is 456 Å². The number of nitro groups is 4. The molecule has 0 aliphatic carbocycles. The van der Waals surface area contributed by atoms with Crippen molar-refractivity contribution in [1.29, 1.82) is 0 Å². The number of aromatic nitrogens is 2. The van der Waals surface area contributed by atoms with Crippen molar-refractivity contribution in [2.45, 2.75) is 0 Å². The number of aliphatic carboxylic acids is 2. The molecule has 0 amide bonds. The number of anilines is 1. The minimum Gasteiger partial charge on any atom is -0.473 e. The molecule has 1 aromatic rings. The number of nitrogens with one attached hydrogen (secondary N) is 2. The highest BCUT2D eigenvalue weighted by Gasteiger charge is 2.41. The van der Waals surface area contributed by atoms with E-state index in [1.165, 1.54) is 5.43 Å². The first-order valence-electron chi connectivity index (χ1n) is 6.31. The molecule has 0 saturated carbocycles. The van der Waals surface area contributed by atoms with Gasteiger partial charge in [-0.25, -0.2) is 19.7 Å². The molecule has 0 aliphatic heterocycles. The van der Waals surface area contributed by atoms with Crippen LogP contribution in [0.1, 0.15) is 0 Å². The zero-order valence-electron chi connectivity index (χ0n) is 15.2. The Labute approximate surface area is 175 Å². The Bertz CT molecular complexity index is 831. The van der Waals surface area contributed by atoms with E-state index in [9.17, 15) is 40.5 Å². The first-order valence-corrected chi connectivity index (χ1v) is 6.31. The highest BCUT2D eigenvalue weighted by atomic mass is 16.9. The fourth-order valence-electron chi connectivity index (χ4n) is 1.03. The summed E-state index contributed by atoms with van der Waals surface area (Å²) in [6.45, 7) is 0. The van der Waals surface area contributed by atoms with Crippen LogP contribution in [0.5, 0.6) is 0 Å². The lowest BCUT2D eigenvalue weighted by Crippen LogP contribution is -2.24. The number of carboxylic acids is 2. The smallest absolute Gasteiger partial charge is 0.452 e. The van der Waals surface area contributed by atoms with Crippen LogP contribution in [0.4, 0.5) is 17.3 Å². The lowest BCUT2D eigenvalue weighted by atomic mass is 10.5. The van der Waals surface area contributed by atoms with Gasteiger partial charge in [0.15, 0.2) is 10.1 Å². The fourth-order valence-corrected chi connectivity index (χ4v) is 1.03. The summed E-state index contributed by atoms with van der Waals surface area (Å²) in [7, 11) is 0. The van der Waals surface area contributed by atoms with Crippen LogP contribution in [-0.2, 0) is 9.59 Å². The van der Waals surface area contributed by atoms with Crippen molar-refractivity contribution in [3.63, 3.8) is 0 Å². The van der Waals surface area contributed by atoms with Crippen molar-refractivity contribution in [1.82, 2.24) is 9.89 Å². The van der Waals surface area contributed by atoms with Gasteiger partial charge in [-0.15, -0.1) is 10.1 Å². The van der Waals surface area contributed by atoms with Crippen LogP contribution in [0.2, 0.25) is 0 Å². The van der Waals surface area contributed by atoms with Crippen LogP contribution in [0, 0.1) is 50.6 Å². The molecule has 0 aliphatic rings. The van der Waals surface area contributed by atoms with Gasteiger partial charge in [-0.05, 0) is 15.4 Å². The molecule has 1 rings (SSSR count). The van der Waals surface area contributed by atoms with E-state index in [0.717, 1.165) is 5.53 Å². The van der Waals surface area contributed by atoms with Crippen LogP contribution in [0.15, 0.2) is 0 Å². The Hall–Kier alpha value is -5.61. The summed E-state index contributed by atoms with van der Waals surface area (Å²) in [5, 5.41) is 70.2. The minimum absolute atomic E-state index is 0.177. The van der Waals surface area contributed by atoms with Crippen LogP contribution in [0.3, 0.4) is 0 Å². The van der Waals surface area contributed by atoms with Crippen molar-refractivity contribution >= 4 is 29.3 Å². The third-order valence-electron chi connectivity index (χ3n) is 1.75. The van der Waals surface area contributed by atoms with Gasteiger partial charge in [-0.2, -0.15) is 0 Å². The molecule has 0 bridgehead atoms. The summed E-state index contributed by atoms with van der Waals surface area (Å²) in [4.78, 5) is 65.3. The van der Waals surface area contributed by atoms with E-state index in [1.54, 1.807) is 0 Å². The molecule has 0 spiro atoms. The van der Waals surface area contributed by atoms with Gasteiger partial charge in [-0.1, -0.05) is 5.43 Å². The van der Waals surface area contributed by atoms with Crippen molar-refractivity contribution in [3.05, 3.63) is 50.6 Å². The highest BCUT2D eigenvalue weighted by Crippen LogP contribution is 2.32. The van der Waals surface area contributed by atoms with E-state index in [4.69, 9.17) is 35.1 Å². The molecule has 1 heterocycles. The van der Waals surface area contributed by atoms with Crippen LogP contribution < -0.4 is 34.3 Å². The van der Waals surface area contributed by atoms with Gasteiger partial charge in [-0.3, -0.25) is 23.4 Å². The fraction of sp³-hybridized carbons (Fsp3) is 0. The van der Waals surface area contributed by atoms with Gasteiger partial charge in [0.05, 0.1) is 5.03 Å². The predicted octanol–water partition coefficient (Wildman–Crippen LogP) is -4.52. The first-order chi connectivity index (χ1) is 15.1. The second-order valence-corrected chi connectivity index (χ2v) is 3.52. The van der Waals surface area contributed by atoms with E-state index in [2.05, 4.69) is 28.5 Å². The second kappa shape index (κ2) is 18.4. The lowest BCUT2D eigenvalue weighted by Gasteiger charge is -1.96. The minimum atomic E-state index is -1.82. The maximum absolute atomic E-state index is 10.6. The average Bonchev–Trinajstić information content (AvgIpc) is 3.01. The summed E-state index contributed by atoms with van der Waals surface area (Å²) in [6, 6.07) is 0. The molecule has 33 heavy (non-hydrogen) atoms. The normalized spacial score (nSPS) is 8.00. The van der Waals surface area contributed by atoms with Gasteiger partial charge >= 0.3 is 29.3 Å². The second-order valence-electron chi connectivity index (χ2n) is 3.52. The lowest BCUT2D eigenvalue weighted by molar-refractivity contribution is -0.742. The summed E-state index contributed by atoms with van der Waals surface area (Å²) >= 11 is 0. The first kappa shape index (κ1) is 34.9. The molecule has 0 aromatic carbocycles. The molecule has 0 radical (unpaired) electrons. The Morgan fingerprint density at radius 2 is 1.18 bits per heavy atom. The molecule has 0 fully saturated rings. The van der Waals surface area contributed by atoms with Crippen LogP contribution in [-0.4, -0.2) is 62.2 Å². The van der Waals surface area contributed by atoms with Gasteiger partial charge in [0.2, 0.25) is 0 Å². The number of hydrogen-bond acceptors (Lipinski definition) is 17. The van der Waals surface area contributed by atoms with Gasteiger partial charge in [0, 0.05) is 0 Å². The van der Waals surface area contributed by atoms with Crippen molar-refractivity contribution in [2.75, 3.05) is 11.0 Å². The zero-order chi connectivity index (χ0) is 27.5. The monoisotopic (exact) mass is 495 g/mol. The van der Waals surface area contributed by atoms with Crippen molar-refractivity contribution in [2.24, 2.45) is 23.4 Å². The van der Waals surface area contributed by atoms with Gasteiger partial charge in [0.25, 0.3) is 5.09 Å². The predicted molar refractivity (Wildman–Crippen MR) is 93.3 cm³/mol. The number of nitrogens with zero attached hydrogens (tertiary/aromatic N) is 7. The van der Waals surface area contributed by atoms with E-state index in [-0.39, 0.29) is 4.79 Å². The summed E-state index contributed by atoms with van der Waals surface area (Å²) in [6.07, 6.45) is 0. The zero-order valence-corrected chi connectivity index (χ0v) is 15.2. The molecule has 28 nitrogen and oxygen atoms in total. The Balaban J connectivity index is -0.000000248. The number of hydrazine groups is 4. The van der Waals surface area contributed by atoms with E-state index in [0.29, 0.717) is 0 Å². The molecule has 188 valence electrons. The van der Waals surface area contributed by atoms with Gasteiger partial charge < -0.3 is 45.8 Å². The Morgan fingerprint density at radius 1 is 0.818 bits per heavy atom. The maximum atomic E-state index is 10.6. The van der Waals surface area contributed by atoms with Crippen molar-refractivity contribution < 1.29 is 50.0 Å². The molecule has 0 atom stereocenters.